The van der Waals surface area contributed by atoms with Gasteiger partial charge in [-0.3, -0.25) is 4.90 Å². The number of nitrogen functional groups attached to an aromatic ring is 1. The number of ether oxygens (including phenoxy) is 1. The van der Waals surface area contributed by atoms with E-state index >= 15 is 0 Å². The van der Waals surface area contributed by atoms with Gasteiger partial charge in [-0.05, 0) is 18.2 Å². The number of halogens is 1. The van der Waals surface area contributed by atoms with Crippen LogP contribution >= 0.6 is 27.7 Å². The third-order valence-electron chi connectivity index (χ3n) is 2.74. The maximum Gasteiger partial charge on any atom is 0.0594 e. The minimum atomic E-state index is 0.861. The first kappa shape index (κ1) is 13.2. The first-order valence-electron chi connectivity index (χ1n) is 5.73. The van der Waals surface area contributed by atoms with Crippen LogP contribution in [0.5, 0.6) is 0 Å². The lowest BCUT2D eigenvalue weighted by Gasteiger charge is -2.26. The van der Waals surface area contributed by atoms with Gasteiger partial charge in [0.1, 0.15) is 0 Å². The van der Waals surface area contributed by atoms with Gasteiger partial charge < -0.3 is 10.5 Å². The Morgan fingerprint density at radius 3 is 2.88 bits per heavy atom. The number of morpholine rings is 1. The molecule has 1 aromatic carbocycles. The SMILES string of the molecule is Nc1ccc(Br)cc1SCCN1CCOCC1. The molecular weight excluding hydrogens is 300 g/mol. The Morgan fingerprint density at radius 2 is 2.12 bits per heavy atom. The van der Waals surface area contributed by atoms with Crippen molar-refractivity contribution in [2.24, 2.45) is 0 Å². The van der Waals surface area contributed by atoms with Crippen molar-refractivity contribution in [2.75, 3.05) is 44.3 Å². The molecule has 0 spiro atoms. The van der Waals surface area contributed by atoms with Crippen molar-refractivity contribution >= 4 is 33.4 Å². The highest BCUT2D eigenvalue weighted by Crippen LogP contribution is 2.28. The summed E-state index contributed by atoms with van der Waals surface area (Å²) in [7, 11) is 0. The average molecular weight is 317 g/mol. The van der Waals surface area contributed by atoms with Gasteiger partial charge in [0.05, 0.1) is 13.2 Å². The number of benzene rings is 1. The average Bonchev–Trinajstić information content (AvgIpc) is 2.35. The highest BCUT2D eigenvalue weighted by atomic mass is 79.9. The Bertz CT molecular complexity index is 370. The molecule has 17 heavy (non-hydrogen) atoms. The van der Waals surface area contributed by atoms with Crippen molar-refractivity contribution in [1.82, 2.24) is 4.90 Å². The highest BCUT2D eigenvalue weighted by molar-refractivity contribution is 9.10. The fourth-order valence-corrected chi connectivity index (χ4v) is 3.27. The fraction of sp³-hybridized carbons (Fsp3) is 0.500. The number of hydrogen-bond donors (Lipinski definition) is 1. The molecule has 0 aromatic heterocycles. The molecule has 2 rings (SSSR count). The van der Waals surface area contributed by atoms with Crippen molar-refractivity contribution in [3.05, 3.63) is 22.7 Å². The number of nitrogens with two attached hydrogens (primary N) is 1. The van der Waals surface area contributed by atoms with Gasteiger partial charge in [0.25, 0.3) is 0 Å². The number of rotatable bonds is 4. The van der Waals surface area contributed by atoms with E-state index in [1.807, 2.05) is 23.9 Å². The topological polar surface area (TPSA) is 38.5 Å². The number of nitrogens with zero attached hydrogens (tertiary/aromatic N) is 1. The van der Waals surface area contributed by atoms with Crippen LogP contribution in [0.3, 0.4) is 0 Å². The number of hydrogen-bond acceptors (Lipinski definition) is 4. The zero-order valence-corrected chi connectivity index (χ0v) is 12.1. The van der Waals surface area contributed by atoms with Crippen LogP contribution in [0.15, 0.2) is 27.6 Å². The largest absolute Gasteiger partial charge is 0.398 e. The molecule has 0 radical (unpaired) electrons. The van der Waals surface area contributed by atoms with Crippen molar-refractivity contribution in [3.63, 3.8) is 0 Å². The van der Waals surface area contributed by atoms with Gasteiger partial charge in [0.2, 0.25) is 0 Å². The molecule has 2 N–H and O–H groups in total. The van der Waals surface area contributed by atoms with Crippen LogP contribution in [0, 0.1) is 0 Å². The third kappa shape index (κ3) is 4.17. The monoisotopic (exact) mass is 316 g/mol. The van der Waals surface area contributed by atoms with E-state index in [1.54, 1.807) is 0 Å². The van der Waals surface area contributed by atoms with Gasteiger partial charge in [-0.15, -0.1) is 11.8 Å². The molecule has 1 aliphatic rings. The summed E-state index contributed by atoms with van der Waals surface area (Å²) in [6.07, 6.45) is 0. The quantitative estimate of drug-likeness (QED) is 0.684. The minimum absolute atomic E-state index is 0.861. The minimum Gasteiger partial charge on any atom is -0.398 e. The molecule has 3 nitrogen and oxygen atoms in total. The van der Waals surface area contributed by atoms with Crippen LogP contribution < -0.4 is 5.73 Å². The molecule has 0 aliphatic carbocycles. The Morgan fingerprint density at radius 1 is 1.35 bits per heavy atom. The Balaban J connectivity index is 1.79. The van der Waals surface area contributed by atoms with E-state index in [0.717, 1.165) is 53.7 Å². The molecular formula is C12H17BrN2OS. The molecule has 0 saturated carbocycles. The van der Waals surface area contributed by atoms with Crippen LogP contribution in [-0.2, 0) is 4.74 Å². The van der Waals surface area contributed by atoms with E-state index in [2.05, 4.69) is 26.9 Å². The molecule has 1 fully saturated rings. The molecule has 0 unspecified atom stereocenters. The third-order valence-corrected chi connectivity index (χ3v) is 4.29. The molecule has 1 heterocycles. The summed E-state index contributed by atoms with van der Waals surface area (Å²) in [6.45, 7) is 4.93. The Hall–Kier alpha value is -0.230. The van der Waals surface area contributed by atoms with Crippen molar-refractivity contribution in [3.8, 4) is 0 Å². The summed E-state index contributed by atoms with van der Waals surface area (Å²) in [4.78, 5) is 3.60. The first-order valence-corrected chi connectivity index (χ1v) is 7.51. The molecule has 0 bridgehead atoms. The van der Waals surface area contributed by atoms with E-state index in [0.29, 0.717) is 0 Å². The predicted molar refractivity (Wildman–Crippen MR) is 76.5 cm³/mol. The van der Waals surface area contributed by atoms with Crippen LogP contribution in [0.2, 0.25) is 0 Å². The van der Waals surface area contributed by atoms with Crippen LogP contribution in [0.4, 0.5) is 5.69 Å². The maximum absolute atomic E-state index is 5.93. The predicted octanol–water partition coefficient (Wildman–Crippen LogP) is 2.46. The Kier molecular flexibility index (Phi) is 5.16. The molecule has 1 aliphatic heterocycles. The summed E-state index contributed by atoms with van der Waals surface area (Å²) in [5, 5.41) is 0. The second-order valence-electron chi connectivity index (χ2n) is 3.98. The van der Waals surface area contributed by atoms with Gasteiger partial charge in [-0.2, -0.15) is 0 Å². The number of anilines is 1. The van der Waals surface area contributed by atoms with Crippen LogP contribution in [-0.4, -0.2) is 43.5 Å². The lowest BCUT2D eigenvalue weighted by molar-refractivity contribution is 0.0410. The van der Waals surface area contributed by atoms with Gasteiger partial charge >= 0.3 is 0 Å². The summed E-state index contributed by atoms with van der Waals surface area (Å²) < 4.78 is 6.41. The van der Waals surface area contributed by atoms with E-state index in [9.17, 15) is 0 Å². The zero-order valence-electron chi connectivity index (χ0n) is 9.69. The zero-order chi connectivity index (χ0) is 12.1. The second-order valence-corrected chi connectivity index (χ2v) is 6.04. The van der Waals surface area contributed by atoms with Gasteiger partial charge in [0, 0.05) is 40.4 Å². The maximum atomic E-state index is 5.93. The number of thioether (sulfide) groups is 1. The van der Waals surface area contributed by atoms with E-state index in [-0.39, 0.29) is 0 Å². The fourth-order valence-electron chi connectivity index (χ4n) is 1.74. The highest BCUT2D eigenvalue weighted by Gasteiger charge is 2.10. The van der Waals surface area contributed by atoms with Gasteiger partial charge in [-0.25, -0.2) is 0 Å². The molecule has 1 aromatic rings. The molecule has 1 saturated heterocycles. The summed E-state index contributed by atoms with van der Waals surface area (Å²) >= 11 is 5.29. The smallest absolute Gasteiger partial charge is 0.0594 e. The molecule has 0 amide bonds. The van der Waals surface area contributed by atoms with Crippen molar-refractivity contribution in [2.45, 2.75) is 4.90 Å². The lowest BCUT2D eigenvalue weighted by atomic mass is 10.3. The van der Waals surface area contributed by atoms with E-state index < -0.39 is 0 Å². The molecule has 0 atom stereocenters. The first-order chi connectivity index (χ1) is 8.25. The van der Waals surface area contributed by atoms with E-state index in [4.69, 9.17) is 10.5 Å². The molecule has 94 valence electrons. The van der Waals surface area contributed by atoms with Crippen LogP contribution in [0.25, 0.3) is 0 Å². The van der Waals surface area contributed by atoms with Crippen LogP contribution in [0.1, 0.15) is 0 Å². The summed E-state index contributed by atoms with van der Waals surface area (Å²) in [6, 6.07) is 6.00. The van der Waals surface area contributed by atoms with Gasteiger partial charge in [0.15, 0.2) is 0 Å². The Labute approximate surface area is 115 Å². The van der Waals surface area contributed by atoms with E-state index in [1.165, 1.54) is 0 Å². The van der Waals surface area contributed by atoms with Crippen molar-refractivity contribution < 1.29 is 4.74 Å². The van der Waals surface area contributed by atoms with Crippen molar-refractivity contribution in [1.29, 1.82) is 0 Å². The van der Waals surface area contributed by atoms with Gasteiger partial charge in [-0.1, -0.05) is 15.9 Å². The summed E-state index contributed by atoms with van der Waals surface area (Å²) in [5.74, 6) is 1.07. The standard InChI is InChI=1S/C12H17BrN2OS/c13-10-1-2-11(14)12(9-10)17-8-5-15-3-6-16-7-4-15/h1-2,9H,3-8,14H2. The second kappa shape index (κ2) is 6.64. The lowest BCUT2D eigenvalue weighted by Crippen LogP contribution is -2.37. The summed E-state index contributed by atoms with van der Waals surface area (Å²) in [5.41, 5.74) is 6.79. The molecule has 5 heteroatoms. The normalized spacial score (nSPS) is 17.2.